The number of esters is 1. The standard InChI is InChI=1S/C23H23N3O7/c27-21-17-5-1-2-6-18(17)22(28)25(21)9-3-4-12-33-23(29)16-7-8-19(20(15-16)26(30)31)24-10-13-32-14-11-24/h1-2,5-8,15H,3-4,9-14H2. The Labute approximate surface area is 189 Å². The molecule has 0 spiro atoms. The van der Waals surface area contributed by atoms with Crippen LogP contribution in [-0.2, 0) is 9.47 Å². The molecule has 10 heteroatoms. The lowest BCUT2D eigenvalue weighted by Gasteiger charge is -2.28. The van der Waals surface area contributed by atoms with Crippen molar-refractivity contribution in [1.29, 1.82) is 0 Å². The van der Waals surface area contributed by atoms with Gasteiger partial charge in [0.05, 0.1) is 41.4 Å². The molecule has 0 unspecified atom stereocenters. The largest absolute Gasteiger partial charge is 0.462 e. The van der Waals surface area contributed by atoms with Crippen LogP contribution in [-0.4, -0.2) is 67.1 Å². The fourth-order valence-corrected chi connectivity index (χ4v) is 3.93. The van der Waals surface area contributed by atoms with E-state index >= 15 is 0 Å². The highest BCUT2D eigenvalue weighted by Gasteiger charge is 2.34. The number of nitrogens with zero attached hydrogens (tertiary/aromatic N) is 3. The maximum Gasteiger partial charge on any atom is 0.338 e. The zero-order valence-electron chi connectivity index (χ0n) is 17.9. The molecule has 33 heavy (non-hydrogen) atoms. The number of benzene rings is 2. The van der Waals surface area contributed by atoms with Crippen molar-refractivity contribution in [3.63, 3.8) is 0 Å². The number of hydrogen-bond acceptors (Lipinski definition) is 8. The van der Waals surface area contributed by atoms with Crippen LogP contribution in [0.1, 0.15) is 43.9 Å². The van der Waals surface area contributed by atoms with Gasteiger partial charge in [-0.1, -0.05) is 12.1 Å². The summed E-state index contributed by atoms with van der Waals surface area (Å²) in [6.45, 7) is 2.35. The number of carbonyl (C=O) groups excluding carboxylic acids is 3. The average molecular weight is 453 g/mol. The Morgan fingerprint density at radius 1 is 1.03 bits per heavy atom. The van der Waals surface area contributed by atoms with Gasteiger partial charge in [-0.05, 0) is 37.1 Å². The number of imide groups is 1. The maximum absolute atomic E-state index is 12.4. The number of fused-ring (bicyclic) bond motifs is 1. The van der Waals surface area contributed by atoms with Crippen LogP contribution in [0.2, 0.25) is 0 Å². The molecule has 10 nitrogen and oxygen atoms in total. The predicted octanol–water partition coefficient (Wildman–Crippen LogP) is 2.66. The summed E-state index contributed by atoms with van der Waals surface area (Å²) in [6.07, 6.45) is 0.905. The molecule has 0 bridgehead atoms. The summed E-state index contributed by atoms with van der Waals surface area (Å²) in [5, 5.41) is 11.5. The predicted molar refractivity (Wildman–Crippen MR) is 117 cm³/mol. The number of unbranched alkanes of at least 4 members (excludes halogenated alkanes) is 1. The van der Waals surface area contributed by atoms with Crippen LogP contribution in [0.15, 0.2) is 42.5 Å². The highest BCUT2D eigenvalue weighted by atomic mass is 16.6. The van der Waals surface area contributed by atoms with Crippen LogP contribution in [0.3, 0.4) is 0 Å². The van der Waals surface area contributed by atoms with Gasteiger partial charge in [-0.3, -0.25) is 24.6 Å². The van der Waals surface area contributed by atoms with Gasteiger partial charge in [0.25, 0.3) is 17.5 Å². The van der Waals surface area contributed by atoms with Crippen molar-refractivity contribution < 1.29 is 28.8 Å². The number of morpholine rings is 1. The summed E-state index contributed by atoms with van der Waals surface area (Å²) >= 11 is 0. The van der Waals surface area contributed by atoms with Gasteiger partial charge >= 0.3 is 5.97 Å². The molecule has 4 rings (SSSR count). The van der Waals surface area contributed by atoms with Crippen molar-refractivity contribution in [3.8, 4) is 0 Å². The Kier molecular flexibility index (Phi) is 6.64. The first-order chi connectivity index (χ1) is 16.0. The minimum atomic E-state index is -0.660. The van der Waals surface area contributed by atoms with Gasteiger partial charge in [-0.15, -0.1) is 0 Å². The monoisotopic (exact) mass is 453 g/mol. The van der Waals surface area contributed by atoms with Gasteiger partial charge < -0.3 is 14.4 Å². The minimum Gasteiger partial charge on any atom is -0.462 e. The second kappa shape index (κ2) is 9.78. The fourth-order valence-electron chi connectivity index (χ4n) is 3.93. The van der Waals surface area contributed by atoms with Gasteiger partial charge in [-0.25, -0.2) is 4.79 Å². The molecule has 2 heterocycles. The Morgan fingerprint density at radius 3 is 2.33 bits per heavy atom. The lowest BCUT2D eigenvalue weighted by Crippen LogP contribution is -2.36. The van der Waals surface area contributed by atoms with Crippen molar-refractivity contribution in [3.05, 3.63) is 69.3 Å². The third kappa shape index (κ3) is 4.70. The molecule has 2 amide bonds. The van der Waals surface area contributed by atoms with Crippen LogP contribution in [0.25, 0.3) is 0 Å². The zero-order chi connectivity index (χ0) is 23.4. The molecule has 0 N–H and O–H groups in total. The number of ether oxygens (including phenoxy) is 2. The number of carbonyl (C=O) groups is 3. The first-order valence-corrected chi connectivity index (χ1v) is 10.7. The van der Waals surface area contributed by atoms with Gasteiger partial charge in [0.1, 0.15) is 5.69 Å². The van der Waals surface area contributed by atoms with E-state index in [1.807, 2.05) is 4.90 Å². The van der Waals surface area contributed by atoms with Crippen molar-refractivity contribution in [2.75, 3.05) is 44.4 Å². The van der Waals surface area contributed by atoms with Crippen LogP contribution >= 0.6 is 0 Å². The number of nitro groups is 1. The Hall–Kier alpha value is -3.79. The molecule has 172 valence electrons. The third-order valence-corrected chi connectivity index (χ3v) is 5.65. The highest BCUT2D eigenvalue weighted by Crippen LogP contribution is 2.30. The van der Waals surface area contributed by atoms with E-state index in [0.717, 1.165) is 0 Å². The van der Waals surface area contributed by atoms with E-state index in [9.17, 15) is 24.5 Å². The molecule has 2 aromatic carbocycles. The maximum atomic E-state index is 12.4. The molecule has 1 saturated heterocycles. The number of nitro benzene ring substituents is 1. The number of anilines is 1. The fraction of sp³-hybridized carbons (Fsp3) is 0.348. The van der Waals surface area contributed by atoms with Gasteiger partial charge in [0.15, 0.2) is 0 Å². The SMILES string of the molecule is O=C(OCCCCN1C(=O)c2ccccc2C1=O)c1ccc(N2CCOCC2)c([N+](=O)[O-])c1. The van der Waals surface area contributed by atoms with E-state index in [0.29, 0.717) is 56.0 Å². The summed E-state index contributed by atoms with van der Waals surface area (Å²) in [5.74, 6) is -1.30. The van der Waals surface area contributed by atoms with E-state index < -0.39 is 10.9 Å². The van der Waals surface area contributed by atoms with E-state index in [2.05, 4.69) is 0 Å². The van der Waals surface area contributed by atoms with Crippen molar-refractivity contribution in [1.82, 2.24) is 4.90 Å². The van der Waals surface area contributed by atoms with Crippen LogP contribution in [0.5, 0.6) is 0 Å². The summed E-state index contributed by atoms with van der Waals surface area (Å²) in [6, 6.07) is 11.0. The van der Waals surface area contributed by atoms with Crippen molar-refractivity contribution >= 4 is 29.2 Å². The highest BCUT2D eigenvalue weighted by molar-refractivity contribution is 6.21. The van der Waals surface area contributed by atoms with Crippen molar-refractivity contribution in [2.24, 2.45) is 0 Å². The second-order valence-electron chi connectivity index (χ2n) is 7.71. The van der Waals surface area contributed by atoms with E-state index in [1.165, 1.54) is 17.0 Å². The molecule has 0 aliphatic carbocycles. The second-order valence-corrected chi connectivity index (χ2v) is 7.71. The number of hydrogen-bond donors (Lipinski definition) is 0. The van der Waals surface area contributed by atoms with E-state index in [-0.39, 0.29) is 36.2 Å². The van der Waals surface area contributed by atoms with Crippen LogP contribution in [0.4, 0.5) is 11.4 Å². The molecule has 0 saturated carbocycles. The normalized spacial score (nSPS) is 15.5. The zero-order valence-corrected chi connectivity index (χ0v) is 17.9. The Morgan fingerprint density at radius 2 is 1.70 bits per heavy atom. The van der Waals surface area contributed by atoms with Crippen molar-refractivity contribution in [2.45, 2.75) is 12.8 Å². The van der Waals surface area contributed by atoms with Gasteiger partial charge in [-0.2, -0.15) is 0 Å². The molecule has 1 fully saturated rings. The molecular formula is C23H23N3O7. The Bertz CT molecular complexity index is 1060. The first kappa shape index (κ1) is 22.4. The quantitative estimate of drug-likeness (QED) is 0.197. The average Bonchev–Trinajstić information content (AvgIpc) is 3.08. The molecule has 0 radical (unpaired) electrons. The number of rotatable bonds is 8. The van der Waals surface area contributed by atoms with Gasteiger partial charge in [0, 0.05) is 25.7 Å². The molecule has 2 aliphatic rings. The summed E-state index contributed by atoms with van der Waals surface area (Å²) in [4.78, 5) is 51.2. The minimum absolute atomic E-state index is 0.0705. The number of amides is 2. The first-order valence-electron chi connectivity index (χ1n) is 10.7. The molecule has 0 atom stereocenters. The molecule has 2 aromatic rings. The van der Waals surface area contributed by atoms with Crippen LogP contribution in [0, 0.1) is 10.1 Å². The smallest absolute Gasteiger partial charge is 0.338 e. The molecule has 0 aromatic heterocycles. The van der Waals surface area contributed by atoms with Crippen LogP contribution < -0.4 is 4.90 Å². The molecule has 2 aliphatic heterocycles. The van der Waals surface area contributed by atoms with Gasteiger partial charge in [0.2, 0.25) is 0 Å². The lowest BCUT2D eigenvalue weighted by molar-refractivity contribution is -0.384. The summed E-state index contributed by atoms with van der Waals surface area (Å²) in [5.41, 5.74) is 1.18. The lowest BCUT2D eigenvalue weighted by atomic mass is 10.1. The summed E-state index contributed by atoms with van der Waals surface area (Å²) in [7, 11) is 0. The third-order valence-electron chi connectivity index (χ3n) is 5.65. The topological polar surface area (TPSA) is 119 Å². The Balaban J connectivity index is 1.29. The van der Waals surface area contributed by atoms with E-state index in [4.69, 9.17) is 9.47 Å². The summed E-state index contributed by atoms with van der Waals surface area (Å²) < 4.78 is 10.5. The van der Waals surface area contributed by atoms with E-state index in [1.54, 1.807) is 30.3 Å². The molecular weight excluding hydrogens is 430 g/mol.